The Kier molecular flexibility index (Phi) is 8.74. The maximum atomic E-state index is 9.65. The molecule has 2 aromatic rings. The highest BCUT2D eigenvalue weighted by Gasteiger charge is 2.16. The summed E-state index contributed by atoms with van der Waals surface area (Å²) in [5.74, 6) is 1.77. The van der Waals surface area contributed by atoms with Crippen molar-refractivity contribution in [2.45, 2.75) is 45.5 Å². The number of nitrogens with zero attached hydrogens (tertiary/aromatic N) is 3. The Labute approximate surface area is 186 Å². The molecule has 2 N–H and O–H groups in total. The number of piperidine rings is 1. The van der Waals surface area contributed by atoms with Gasteiger partial charge in [0, 0.05) is 46.8 Å². The van der Waals surface area contributed by atoms with Gasteiger partial charge in [-0.15, -0.1) is 0 Å². The maximum absolute atomic E-state index is 9.65. The summed E-state index contributed by atoms with van der Waals surface area (Å²) in [5, 5.41) is 13.1. The first kappa shape index (κ1) is 23.1. The molecule has 0 unspecified atom stereocenters. The number of hydrogen-bond acceptors (Lipinski definition) is 4. The second-order valence-electron chi connectivity index (χ2n) is 8.16. The molecule has 0 bridgehead atoms. The third-order valence-corrected chi connectivity index (χ3v) is 5.66. The van der Waals surface area contributed by atoms with Crippen LogP contribution in [0.4, 0.5) is 0 Å². The molecule has 1 fully saturated rings. The molecule has 1 aliphatic rings. The quantitative estimate of drug-likeness (QED) is 0.503. The Hall–Kier alpha value is -2.57. The van der Waals surface area contributed by atoms with Gasteiger partial charge in [0.25, 0.3) is 0 Å². The summed E-state index contributed by atoms with van der Waals surface area (Å²) in [6.45, 7) is 7.08. The molecule has 0 atom stereocenters. The van der Waals surface area contributed by atoms with Crippen LogP contribution in [0, 0.1) is 0 Å². The van der Waals surface area contributed by atoms with E-state index in [9.17, 15) is 5.11 Å². The second kappa shape index (κ2) is 11.7. The van der Waals surface area contributed by atoms with E-state index in [4.69, 9.17) is 4.74 Å². The summed E-state index contributed by atoms with van der Waals surface area (Å²) in [7, 11) is 3.86. The molecule has 6 heteroatoms. The van der Waals surface area contributed by atoms with Gasteiger partial charge in [0.05, 0.1) is 12.7 Å². The van der Waals surface area contributed by atoms with Crippen molar-refractivity contribution < 1.29 is 9.84 Å². The van der Waals surface area contributed by atoms with E-state index in [1.165, 1.54) is 16.7 Å². The molecule has 3 rings (SSSR count). The first-order valence-corrected chi connectivity index (χ1v) is 11.2. The molecule has 31 heavy (non-hydrogen) atoms. The first-order chi connectivity index (χ1) is 15.1. The molecule has 0 aliphatic carbocycles. The minimum atomic E-state index is -0.119. The smallest absolute Gasteiger partial charge is 0.193 e. The Morgan fingerprint density at radius 1 is 1.06 bits per heavy atom. The number of guanidine groups is 1. The van der Waals surface area contributed by atoms with E-state index in [-0.39, 0.29) is 6.10 Å². The third kappa shape index (κ3) is 7.26. The number of nitrogens with one attached hydrogen (secondary N) is 1. The van der Waals surface area contributed by atoms with Crippen molar-refractivity contribution in [3.05, 3.63) is 65.2 Å². The van der Waals surface area contributed by atoms with Crippen LogP contribution < -0.4 is 10.1 Å². The van der Waals surface area contributed by atoms with Crippen LogP contribution in [-0.4, -0.2) is 60.8 Å². The van der Waals surface area contributed by atoms with Gasteiger partial charge in [-0.2, -0.15) is 0 Å². The molecule has 0 radical (unpaired) electrons. The number of ether oxygens (including phenoxy) is 1. The lowest BCUT2D eigenvalue weighted by atomic mass is 10.1. The maximum Gasteiger partial charge on any atom is 0.193 e. The topological polar surface area (TPSA) is 60.3 Å². The van der Waals surface area contributed by atoms with Crippen molar-refractivity contribution >= 4 is 5.96 Å². The number of likely N-dealkylation sites (tertiary alicyclic amines) is 1. The van der Waals surface area contributed by atoms with Crippen LogP contribution in [-0.2, 0) is 19.6 Å². The highest BCUT2D eigenvalue weighted by molar-refractivity contribution is 5.79. The first-order valence-electron chi connectivity index (χ1n) is 11.2. The number of aliphatic imine (C=N–C) groups is 1. The standard InChI is InChI=1S/C25H36N4O2/c1-4-31-24-11-9-21(10-12-24)18-28(3)25(26-2)27-17-20-5-7-22(8-6-20)19-29-15-13-23(30)14-16-29/h5-12,23,30H,4,13-19H2,1-3H3,(H,26,27). The predicted octanol–water partition coefficient (Wildman–Crippen LogP) is 3.25. The Morgan fingerprint density at radius 3 is 2.29 bits per heavy atom. The van der Waals surface area contributed by atoms with Gasteiger partial charge in [-0.25, -0.2) is 0 Å². The molecule has 0 spiro atoms. The SMILES string of the molecule is CCOc1ccc(CN(C)C(=NC)NCc2ccc(CN3CCC(O)CC3)cc2)cc1. The van der Waals surface area contributed by atoms with Crippen molar-refractivity contribution in [2.75, 3.05) is 33.8 Å². The van der Waals surface area contributed by atoms with Crippen molar-refractivity contribution in [3.8, 4) is 5.75 Å². The zero-order chi connectivity index (χ0) is 22.1. The molecular formula is C25H36N4O2. The van der Waals surface area contributed by atoms with E-state index < -0.39 is 0 Å². The normalized spacial score (nSPS) is 15.7. The molecule has 2 aromatic carbocycles. The van der Waals surface area contributed by atoms with Gasteiger partial charge in [-0.1, -0.05) is 36.4 Å². The molecule has 0 saturated carbocycles. The Balaban J connectivity index is 1.47. The minimum absolute atomic E-state index is 0.119. The van der Waals surface area contributed by atoms with Crippen LogP contribution >= 0.6 is 0 Å². The fourth-order valence-corrected chi connectivity index (χ4v) is 3.87. The van der Waals surface area contributed by atoms with Crippen LogP contribution in [0.5, 0.6) is 5.75 Å². The van der Waals surface area contributed by atoms with Gasteiger partial charge in [0.1, 0.15) is 5.75 Å². The Bertz CT molecular complexity index is 812. The number of hydrogen-bond donors (Lipinski definition) is 2. The van der Waals surface area contributed by atoms with Crippen LogP contribution in [0.15, 0.2) is 53.5 Å². The summed E-state index contributed by atoms with van der Waals surface area (Å²) in [6, 6.07) is 17.0. The van der Waals surface area contributed by atoms with Crippen LogP contribution in [0.25, 0.3) is 0 Å². The van der Waals surface area contributed by atoms with Crippen molar-refractivity contribution in [3.63, 3.8) is 0 Å². The summed E-state index contributed by atoms with van der Waals surface area (Å²) in [6.07, 6.45) is 1.64. The second-order valence-corrected chi connectivity index (χ2v) is 8.16. The lowest BCUT2D eigenvalue weighted by Crippen LogP contribution is -2.38. The molecule has 0 amide bonds. The van der Waals surface area contributed by atoms with Gasteiger partial charge < -0.3 is 20.1 Å². The fraction of sp³-hybridized carbons (Fsp3) is 0.480. The van der Waals surface area contributed by atoms with Gasteiger partial charge in [-0.3, -0.25) is 9.89 Å². The van der Waals surface area contributed by atoms with Gasteiger partial charge in [0.15, 0.2) is 5.96 Å². The van der Waals surface area contributed by atoms with Crippen LogP contribution in [0.2, 0.25) is 0 Å². The van der Waals surface area contributed by atoms with Crippen molar-refractivity contribution in [2.24, 2.45) is 4.99 Å². The molecule has 1 saturated heterocycles. The molecule has 168 valence electrons. The van der Waals surface area contributed by atoms with Crippen LogP contribution in [0.1, 0.15) is 36.5 Å². The molecule has 1 heterocycles. The molecule has 0 aromatic heterocycles. The lowest BCUT2D eigenvalue weighted by Gasteiger charge is -2.29. The third-order valence-electron chi connectivity index (χ3n) is 5.66. The number of aliphatic hydroxyl groups excluding tert-OH is 1. The largest absolute Gasteiger partial charge is 0.494 e. The van der Waals surface area contributed by atoms with Gasteiger partial charge in [-0.05, 0) is 48.6 Å². The molecular weight excluding hydrogens is 388 g/mol. The summed E-state index contributed by atoms with van der Waals surface area (Å²) >= 11 is 0. The minimum Gasteiger partial charge on any atom is -0.494 e. The van der Waals surface area contributed by atoms with Gasteiger partial charge in [0.2, 0.25) is 0 Å². The zero-order valence-electron chi connectivity index (χ0n) is 19.1. The summed E-state index contributed by atoms with van der Waals surface area (Å²) in [4.78, 5) is 8.96. The zero-order valence-corrected chi connectivity index (χ0v) is 19.1. The fourth-order valence-electron chi connectivity index (χ4n) is 3.87. The summed E-state index contributed by atoms with van der Waals surface area (Å²) < 4.78 is 5.51. The lowest BCUT2D eigenvalue weighted by molar-refractivity contribution is 0.0792. The average molecular weight is 425 g/mol. The van der Waals surface area contributed by atoms with E-state index in [2.05, 4.69) is 56.5 Å². The summed E-state index contributed by atoms with van der Waals surface area (Å²) in [5.41, 5.74) is 3.76. The average Bonchev–Trinajstić information content (AvgIpc) is 2.78. The van der Waals surface area contributed by atoms with Crippen molar-refractivity contribution in [1.82, 2.24) is 15.1 Å². The molecule has 1 aliphatic heterocycles. The van der Waals surface area contributed by atoms with E-state index >= 15 is 0 Å². The van der Waals surface area contributed by atoms with E-state index in [0.717, 1.165) is 57.3 Å². The van der Waals surface area contributed by atoms with E-state index in [1.54, 1.807) is 0 Å². The monoisotopic (exact) mass is 424 g/mol. The van der Waals surface area contributed by atoms with Gasteiger partial charge >= 0.3 is 0 Å². The number of benzene rings is 2. The van der Waals surface area contributed by atoms with Crippen LogP contribution in [0.3, 0.4) is 0 Å². The molecule has 6 nitrogen and oxygen atoms in total. The van der Waals surface area contributed by atoms with E-state index in [1.807, 2.05) is 33.2 Å². The Morgan fingerprint density at radius 2 is 1.68 bits per heavy atom. The highest BCUT2D eigenvalue weighted by atomic mass is 16.5. The highest BCUT2D eigenvalue weighted by Crippen LogP contribution is 2.15. The van der Waals surface area contributed by atoms with E-state index in [0.29, 0.717) is 6.61 Å². The predicted molar refractivity (Wildman–Crippen MR) is 126 cm³/mol. The van der Waals surface area contributed by atoms with Crippen molar-refractivity contribution in [1.29, 1.82) is 0 Å². The number of aliphatic hydroxyl groups is 1. The number of rotatable bonds is 8.